The van der Waals surface area contributed by atoms with Crippen LogP contribution >= 0.6 is 11.6 Å². The Bertz CT molecular complexity index is 288. The highest BCUT2D eigenvalue weighted by molar-refractivity contribution is 6.30. The zero-order chi connectivity index (χ0) is 7.84. The fraction of sp³-hybridized carbons (Fsp3) is 0.200. The molecule has 0 saturated carbocycles. The van der Waals surface area contributed by atoms with Gasteiger partial charge in [0.2, 0.25) is 0 Å². The van der Waals surface area contributed by atoms with E-state index in [0.29, 0.717) is 17.5 Å². The van der Waals surface area contributed by atoms with Crippen LogP contribution in [0.4, 0.5) is 5.82 Å². The molecule has 0 aromatic carbocycles. The van der Waals surface area contributed by atoms with E-state index in [1.807, 2.05) is 0 Å². The first-order valence-corrected chi connectivity index (χ1v) is 3.43. The standard InChI is InChI=1S/C5H6ClN5/c6-4-3-1-11(7)10-5(3)9-2-8-4/h2H,1,7H2,(H,8,9,10). The molecule has 1 aromatic rings. The van der Waals surface area contributed by atoms with Crippen molar-refractivity contribution in [2.24, 2.45) is 5.84 Å². The van der Waals surface area contributed by atoms with Crippen molar-refractivity contribution in [1.29, 1.82) is 0 Å². The molecule has 0 unspecified atom stereocenters. The first kappa shape index (κ1) is 6.78. The second-order valence-electron chi connectivity index (χ2n) is 2.23. The molecule has 1 aliphatic heterocycles. The van der Waals surface area contributed by atoms with E-state index in [-0.39, 0.29) is 0 Å². The van der Waals surface area contributed by atoms with Crippen LogP contribution in [0.15, 0.2) is 6.33 Å². The summed E-state index contributed by atoms with van der Waals surface area (Å²) in [6.07, 6.45) is 1.40. The molecule has 0 radical (unpaired) electrons. The first-order valence-electron chi connectivity index (χ1n) is 3.05. The summed E-state index contributed by atoms with van der Waals surface area (Å²) in [6, 6.07) is 0. The average molecular weight is 172 g/mol. The van der Waals surface area contributed by atoms with E-state index in [9.17, 15) is 0 Å². The number of rotatable bonds is 0. The number of hydrazine groups is 2. The maximum Gasteiger partial charge on any atom is 0.151 e. The van der Waals surface area contributed by atoms with E-state index < -0.39 is 0 Å². The van der Waals surface area contributed by atoms with Gasteiger partial charge in [-0.1, -0.05) is 11.6 Å². The molecule has 0 spiro atoms. The summed E-state index contributed by atoms with van der Waals surface area (Å²) >= 11 is 5.76. The summed E-state index contributed by atoms with van der Waals surface area (Å²) in [5.41, 5.74) is 3.66. The highest BCUT2D eigenvalue weighted by Gasteiger charge is 2.19. The third kappa shape index (κ3) is 1.03. The molecule has 0 aliphatic carbocycles. The molecule has 3 N–H and O–H groups in total. The van der Waals surface area contributed by atoms with Crippen LogP contribution in [-0.4, -0.2) is 15.1 Å². The Morgan fingerprint density at radius 1 is 1.64 bits per heavy atom. The van der Waals surface area contributed by atoms with Crippen LogP contribution in [0.1, 0.15) is 5.56 Å². The molecule has 2 rings (SSSR count). The van der Waals surface area contributed by atoms with Gasteiger partial charge in [0, 0.05) is 0 Å². The highest BCUT2D eigenvalue weighted by Crippen LogP contribution is 2.25. The van der Waals surface area contributed by atoms with Gasteiger partial charge in [-0.3, -0.25) is 11.3 Å². The Morgan fingerprint density at radius 2 is 2.45 bits per heavy atom. The van der Waals surface area contributed by atoms with Gasteiger partial charge in [-0.2, -0.15) is 5.12 Å². The van der Waals surface area contributed by atoms with Gasteiger partial charge < -0.3 is 0 Å². The number of aromatic nitrogens is 2. The Labute approximate surface area is 68.1 Å². The number of anilines is 1. The van der Waals surface area contributed by atoms with Gasteiger partial charge in [0.15, 0.2) is 5.82 Å². The summed E-state index contributed by atoms with van der Waals surface area (Å²) in [5.74, 6) is 6.14. The Balaban J connectivity index is 2.49. The molecular formula is C5H6ClN5. The van der Waals surface area contributed by atoms with E-state index in [2.05, 4.69) is 15.4 Å². The molecule has 6 heteroatoms. The van der Waals surface area contributed by atoms with Crippen LogP contribution in [0.2, 0.25) is 5.15 Å². The third-order valence-corrected chi connectivity index (χ3v) is 1.80. The zero-order valence-corrected chi connectivity index (χ0v) is 6.34. The minimum atomic E-state index is 0.454. The van der Waals surface area contributed by atoms with Crippen LogP contribution in [0.5, 0.6) is 0 Å². The van der Waals surface area contributed by atoms with Crippen LogP contribution in [-0.2, 0) is 6.54 Å². The molecule has 1 aliphatic rings. The summed E-state index contributed by atoms with van der Waals surface area (Å²) in [5, 5.41) is 1.86. The second kappa shape index (κ2) is 2.30. The number of nitrogens with two attached hydrogens (primary N) is 1. The van der Waals surface area contributed by atoms with Crippen molar-refractivity contribution in [3.05, 3.63) is 17.0 Å². The van der Waals surface area contributed by atoms with Crippen LogP contribution in [0.25, 0.3) is 0 Å². The van der Waals surface area contributed by atoms with Crippen molar-refractivity contribution in [3.8, 4) is 0 Å². The van der Waals surface area contributed by atoms with Crippen LogP contribution < -0.4 is 11.3 Å². The second-order valence-corrected chi connectivity index (χ2v) is 2.59. The molecule has 58 valence electrons. The molecule has 5 nitrogen and oxygen atoms in total. The predicted octanol–water partition coefficient (Wildman–Crippen LogP) is 0.146. The van der Waals surface area contributed by atoms with Gasteiger partial charge in [0.05, 0.1) is 12.1 Å². The van der Waals surface area contributed by atoms with Crippen molar-refractivity contribution in [3.63, 3.8) is 0 Å². The van der Waals surface area contributed by atoms with Crippen molar-refractivity contribution in [2.75, 3.05) is 5.43 Å². The minimum Gasteiger partial charge on any atom is -0.289 e. The smallest absolute Gasteiger partial charge is 0.151 e. The lowest BCUT2D eigenvalue weighted by Crippen LogP contribution is -2.30. The number of nitrogens with zero attached hydrogens (tertiary/aromatic N) is 3. The third-order valence-electron chi connectivity index (χ3n) is 1.47. The van der Waals surface area contributed by atoms with Crippen molar-refractivity contribution in [2.45, 2.75) is 6.54 Å². The lowest BCUT2D eigenvalue weighted by Gasteiger charge is -2.04. The van der Waals surface area contributed by atoms with E-state index in [4.69, 9.17) is 17.4 Å². The number of hydrogen-bond donors (Lipinski definition) is 2. The maximum atomic E-state index is 5.76. The van der Waals surface area contributed by atoms with Crippen molar-refractivity contribution in [1.82, 2.24) is 15.1 Å². The highest BCUT2D eigenvalue weighted by atomic mass is 35.5. The molecule has 1 aromatic heterocycles. The lowest BCUT2D eigenvalue weighted by atomic mass is 10.3. The zero-order valence-electron chi connectivity index (χ0n) is 5.58. The first-order chi connectivity index (χ1) is 5.27. The SMILES string of the molecule is NN1Cc2c(Cl)ncnc2N1. The molecule has 0 amide bonds. The topological polar surface area (TPSA) is 67.1 Å². The van der Waals surface area contributed by atoms with E-state index in [1.165, 1.54) is 11.4 Å². The number of nitrogens with one attached hydrogen (secondary N) is 1. The molecule has 0 atom stereocenters. The van der Waals surface area contributed by atoms with Gasteiger partial charge in [-0.25, -0.2) is 9.97 Å². The molecule has 2 heterocycles. The Morgan fingerprint density at radius 3 is 3.18 bits per heavy atom. The fourth-order valence-corrected chi connectivity index (χ4v) is 1.17. The number of halogens is 1. The minimum absolute atomic E-state index is 0.454. The molecule has 0 saturated heterocycles. The molecular weight excluding hydrogens is 166 g/mol. The number of hydrogen-bond acceptors (Lipinski definition) is 5. The van der Waals surface area contributed by atoms with E-state index in [0.717, 1.165) is 5.56 Å². The summed E-state index contributed by atoms with van der Waals surface area (Å²) < 4.78 is 0. The fourth-order valence-electron chi connectivity index (χ4n) is 0.973. The predicted molar refractivity (Wildman–Crippen MR) is 40.4 cm³/mol. The van der Waals surface area contributed by atoms with Gasteiger partial charge in [-0.05, 0) is 0 Å². The molecule has 0 bridgehead atoms. The lowest BCUT2D eigenvalue weighted by molar-refractivity contribution is 0.358. The van der Waals surface area contributed by atoms with Gasteiger partial charge in [-0.15, -0.1) is 0 Å². The Hall–Kier alpha value is -0.910. The van der Waals surface area contributed by atoms with Crippen molar-refractivity contribution < 1.29 is 0 Å². The maximum absolute atomic E-state index is 5.76. The van der Waals surface area contributed by atoms with Crippen LogP contribution in [0, 0.1) is 0 Å². The van der Waals surface area contributed by atoms with Gasteiger partial charge in [0.1, 0.15) is 11.5 Å². The summed E-state index contributed by atoms with van der Waals surface area (Å²) in [6.45, 7) is 0.537. The largest absolute Gasteiger partial charge is 0.289 e. The van der Waals surface area contributed by atoms with Gasteiger partial charge >= 0.3 is 0 Å². The van der Waals surface area contributed by atoms with Gasteiger partial charge in [0.25, 0.3) is 0 Å². The quantitative estimate of drug-likeness (QED) is 0.430. The number of fused-ring (bicyclic) bond motifs is 1. The van der Waals surface area contributed by atoms with E-state index >= 15 is 0 Å². The molecule has 11 heavy (non-hydrogen) atoms. The Kier molecular flexibility index (Phi) is 1.42. The normalized spacial score (nSPS) is 16.2. The van der Waals surface area contributed by atoms with Crippen molar-refractivity contribution >= 4 is 17.4 Å². The monoisotopic (exact) mass is 171 g/mol. The summed E-state index contributed by atoms with van der Waals surface area (Å²) in [4.78, 5) is 7.76. The van der Waals surface area contributed by atoms with Crippen LogP contribution in [0.3, 0.4) is 0 Å². The van der Waals surface area contributed by atoms with E-state index in [1.54, 1.807) is 0 Å². The molecule has 0 fully saturated rings. The average Bonchev–Trinajstić information content (AvgIpc) is 2.31. The summed E-state index contributed by atoms with van der Waals surface area (Å²) in [7, 11) is 0.